The molecule has 3 heterocycles. The summed E-state index contributed by atoms with van der Waals surface area (Å²) in [6.45, 7) is 3.81. The van der Waals surface area contributed by atoms with Crippen molar-refractivity contribution in [1.29, 1.82) is 0 Å². The van der Waals surface area contributed by atoms with E-state index in [1.54, 1.807) is 4.90 Å². The van der Waals surface area contributed by atoms with E-state index in [9.17, 15) is 58.2 Å². The van der Waals surface area contributed by atoms with Gasteiger partial charge in [0.05, 0.1) is 60.7 Å². The smallest absolute Gasteiger partial charge is 0.255 e. The highest BCUT2D eigenvalue weighted by Crippen LogP contribution is 2.25. The predicted molar refractivity (Wildman–Crippen MR) is 289 cm³/mol. The predicted octanol–water partition coefficient (Wildman–Crippen LogP) is -4.24. The van der Waals surface area contributed by atoms with Crippen molar-refractivity contribution < 1.29 is 67.6 Å². The second kappa shape index (κ2) is 32.2. The maximum Gasteiger partial charge on any atom is 0.255 e. The quantitative estimate of drug-likeness (QED) is 0.0506. The Morgan fingerprint density at radius 3 is 1.66 bits per heavy atom. The Balaban J connectivity index is 1.21. The molecule has 12 N–H and O–H groups in total. The monoisotopic (exact) mass is 1120 g/mol. The number of benzene rings is 1. The summed E-state index contributed by atoms with van der Waals surface area (Å²) in [4.78, 5) is 141. The van der Waals surface area contributed by atoms with Crippen LogP contribution < -0.4 is 48.3 Å². The van der Waals surface area contributed by atoms with Gasteiger partial charge >= 0.3 is 0 Å². The van der Waals surface area contributed by atoms with Crippen LogP contribution in [0.4, 0.5) is 0 Å². The van der Waals surface area contributed by atoms with Crippen molar-refractivity contribution in [1.82, 2.24) is 57.2 Å². The van der Waals surface area contributed by atoms with E-state index < -0.39 is 88.4 Å². The zero-order valence-corrected chi connectivity index (χ0v) is 45.0. The highest BCUT2D eigenvalue weighted by Gasteiger charge is 2.37. The summed E-state index contributed by atoms with van der Waals surface area (Å²) in [6, 6.07) is 4.21. The highest BCUT2D eigenvalue weighted by atomic mass is 16.5. The molecule has 6 unspecified atom stereocenters. The van der Waals surface area contributed by atoms with Gasteiger partial charge in [-0.25, -0.2) is 0 Å². The zero-order chi connectivity index (χ0) is 57.4. The van der Waals surface area contributed by atoms with Crippen molar-refractivity contribution in [3.05, 3.63) is 76.4 Å². The van der Waals surface area contributed by atoms with Gasteiger partial charge in [-0.05, 0) is 37.8 Å². The molecule has 1 fully saturated rings. The third-order valence-corrected chi connectivity index (χ3v) is 14.2. The van der Waals surface area contributed by atoms with Crippen LogP contribution in [-0.2, 0) is 47.8 Å². The van der Waals surface area contributed by atoms with E-state index in [4.69, 9.17) is 15.2 Å². The number of fused-ring (bicyclic) bond motifs is 21. The van der Waals surface area contributed by atoms with E-state index in [0.29, 0.717) is 32.8 Å². The third kappa shape index (κ3) is 18.2. The summed E-state index contributed by atoms with van der Waals surface area (Å²) in [5, 5.41) is 44.6. The lowest BCUT2D eigenvalue weighted by Gasteiger charge is -2.29. The van der Waals surface area contributed by atoms with Crippen LogP contribution in [0.1, 0.15) is 46.4 Å². The zero-order valence-electron chi connectivity index (χ0n) is 45.0. The van der Waals surface area contributed by atoms with Crippen molar-refractivity contribution in [2.75, 3.05) is 144 Å². The minimum absolute atomic E-state index is 0.00565. The van der Waals surface area contributed by atoms with E-state index in [-0.39, 0.29) is 165 Å². The Morgan fingerprint density at radius 1 is 0.613 bits per heavy atom. The molecule has 3 aliphatic carbocycles. The average molecular weight is 1120 g/mol. The summed E-state index contributed by atoms with van der Waals surface area (Å²) in [6.07, 6.45) is 6.92. The first kappa shape index (κ1) is 62.0. The number of nitrogens with one attached hydrogen (secondary N) is 8. The van der Waals surface area contributed by atoms with Gasteiger partial charge in [0.2, 0.25) is 23.6 Å². The number of aliphatic hydroxyl groups is 1. The molecule has 8 bridgehead atoms. The number of Topliss-reactive ketones (excluding diaryl/α,β-unsaturated/α-hetero) is 2. The molecule has 0 aromatic heterocycles. The fourth-order valence-corrected chi connectivity index (χ4v) is 9.66. The molecule has 26 heteroatoms. The minimum atomic E-state index is -1.46. The van der Waals surface area contributed by atoms with Gasteiger partial charge in [0.25, 0.3) is 23.6 Å². The van der Waals surface area contributed by atoms with Crippen LogP contribution in [0, 0.1) is 17.8 Å². The molecule has 1 aromatic rings. The van der Waals surface area contributed by atoms with Gasteiger partial charge in [0.1, 0.15) is 17.6 Å². The molecule has 0 saturated carbocycles. The lowest BCUT2D eigenvalue weighted by molar-refractivity contribution is -0.135. The first-order valence-electron chi connectivity index (χ1n) is 27.3. The number of nitrogens with zero attached hydrogens (tertiary/aromatic N) is 3. The van der Waals surface area contributed by atoms with Gasteiger partial charge < -0.3 is 68.0 Å². The summed E-state index contributed by atoms with van der Waals surface area (Å²) < 4.78 is 10.7. The van der Waals surface area contributed by atoms with E-state index in [2.05, 4.69) is 42.5 Å². The molecule has 6 atom stereocenters. The Morgan fingerprint density at radius 2 is 1.11 bits per heavy atom. The summed E-state index contributed by atoms with van der Waals surface area (Å²) >= 11 is 0. The fourth-order valence-electron chi connectivity index (χ4n) is 9.66. The number of amides is 8. The van der Waals surface area contributed by atoms with Gasteiger partial charge in [-0.2, -0.15) is 0 Å². The number of ketones is 2. The van der Waals surface area contributed by atoms with Crippen LogP contribution in [-0.4, -0.2) is 234 Å². The van der Waals surface area contributed by atoms with Crippen molar-refractivity contribution in [3.8, 4) is 5.75 Å². The van der Waals surface area contributed by atoms with E-state index in [1.165, 1.54) is 48.6 Å². The minimum Gasteiger partial charge on any atom is -0.506 e. The average Bonchev–Trinajstić information content (AvgIpc) is 3.46. The molecular weight excluding hydrogens is 1040 g/mol. The van der Waals surface area contributed by atoms with Crippen molar-refractivity contribution in [2.45, 2.75) is 31.8 Å². The number of allylic oxidation sites excluding steroid dienone is 4. The normalized spacial score (nSPS) is 24.8. The molecule has 6 aliphatic rings. The van der Waals surface area contributed by atoms with Crippen LogP contribution in [0.5, 0.6) is 5.75 Å². The number of carbonyl (C=O) groups excluding carboxylic acids is 10. The maximum absolute atomic E-state index is 13.7. The van der Waals surface area contributed by atoms with Crippen LogP contribution in [0.2, 0.25) is 0 Å². The summed E-state index contributed by atoms with van der Waals surface area (Å²) in [5.41, 5.74) is 4.79. The van der Waals surface area contributed by atoms with Gasteiger partial charge in [-0.3, -0.25) is 62.6 Å². The molecule has 436 valence electrons. The standard InChI is InChI=1S/C54H76N12O14/c55-13-31-79-33-34-80-32-21-63-54(78)42-12-4-11-41(46(42)70)53(77)62-20-28-66-27-19-61-52(76)40-10-3-7-37(45(40)69)49(73)58-16-24-64-22-14-56-47(71)35-5-1-8-38(43(35)67)50(74)59-17-25-65(29-30-66)26-18-60-51(75)39-9-2-6-36(44(39)68)48(72)57-15-23-64/h1,4-8,11-12,39-41,46,67,70H,2-3,9-10,13-34,55H2,(H,56,71)(H,57,72)(H,58,73)(H,59,74)(H,60,75)(H,61,76)(H,62,77)(H,63,78). The van der Waals surface area contributed by atoms with Crippen molar-refractivity contribution in [3.63, 3.8) is 0 Å². The first-order valence-corrected chi connectivity index (χ1v) is 27.3. The van der Waals surface area contributed by atoms with Crippen molar-refractivity contribution >= 4 is 58.8 Å². The molecule has 1 aromatic carbocycles. The van der Waals surface area contributed by atoms with Crippen LogP contribution in [0.25, 0.3) is 0 Å². The second-order valence-electron chi connectivity index (χ2n) is 19.6. The van der Waals surface area contributed by atoms with Crippen LogP contribution in [0.15, 0.2) is 65.3 Å². The number of aliphatic hydroxyl groups excluding tert-OH is 1. The third-order valence-electron chi connectivity index (χ3n) is 14.2. The molecule has 80 heavy (non-hydrogen) atoms. The van der Waals surface area contributed by atoms with Gasteiger partial charge in [0, 0.05) is 123 Å². The number of para-hydroxylation sites is 1. The Kier molecular flexibility index (Phi) is 24.9. The Bertz CT molecular complexity index is 2550. The van der Waals surface area contributed by atoms with E-state index >= 15 is 0 Å². The molecular formula is C54H76N12O14. The number of hydrogen-bond acceptors (Lipinski definition) is 18. The molecule has 0 radical (unpaired) electrons. The summed E-state index contributed by atoms with van der Waals surface area (Å²) in [7, 11) is 0. The molecule has 0 spiro atoms. The lowest BCUT2D eigenvalue weighted by Crippen LogP contribution is -2.48. The van der Waals surface area contributed by atoms with Gasteiger partial charge in [-0.1, -0.05) is 36.4 Å². The number of hydrogen-bond donors (Lipinski definition) is 11. The molecule has 1 saturated heterocycles. The number of phenols is 1. The topological polar surface area (TPSA) is 362 Å². The molecule has 3 aliphatic heterocycles. The number of nitrogens with two attached hydrogens (primary N) is 1. The molecule has 7 rings (SSSR count). The summed E-state index contributed by atoms with van der Waals surface area (Å²) in [5.74, 6) is -10.1. The van der Waals surface area contributed by atoms with E-state index in [1.807, 2.05) is 9.80 Å². The van der Waals surface area contributed by atoms with Crippen molar-refractivity contribution in [2.24, 2.45) is 23.5 Å². The number of ether oxygens (including phenoxy) is 2. The SMILES string of the molecule is NCCOCCOCCNC(=O)C1=CC=CC(C(=O)NCCN2CCNC(=O)C3CCC=C(C(=O)NCCN4CCNC(=O)C5=CCCC(C(=O)NCCN(CCNC(=O)c6cccc(c6O)C(=O)NCC4)CC2)C5=O)C3=O)C1O. The fraction of sp³-hybridized carbons (Fsp3) is 0.556. The van der Waals surface area contributed by atoms with E-state index in [0.717, 1.165) is 0 Å². The second-order valence-corrected chi connectivity index (χ2v) is 19.6. The lowest BCUT2D eigenvalue weighted by atomic mass is 9.86. The maximum atomic E-state index is 13.7. The molecule has 26 nitrogen and oxygen atoms in total. The largest absolute Gasteiger partial charge is 0.506 e. The number of carbonyl (C=O) groups is 10. The van der Waals surface area contributed by atoms with Gasteiger partial charge in [-0.15, -0.1) is 0 Å². The number of aromatic hydroxyl groups is 1. The Hall–Kier alpha value is -7.20. The van der Waals surface area contributed by atoms with Crippen LogP contribution >= 0.6 is 0 Å². The first-order chi connectivity index (χ1) is 38.7. The Labute approximate surface area is 464 Å². The number of rotatable bonds is 13. The van der Waals surface area contributed by atoms with Crippen LogP contribution in [0.3, 0.4) is 0 Å². The van der Waals surface area contributed by atoms with Gasteiger partial charge in [0.15, 0.2) is 11.6 Å². The number of phenolic OH excluding ortho intramolecular Hbond substituents is 1. The molecule has 8 amide bonds. The highest BCUT2D eigenvalue weighted by molar-refractivity contribution is 6.25.